The number of piperidine rings is 1. The van der Waals surface area contributed by atoms with Gasteiger partial charge in [0.25, 0.3) is 0 Å². The van der Waals surface area contributed by atoms with Gasteiger partial charge in [-0.2, -0.15) is 0 Å². The average Bonchev–Trinajstić information content (AvgIpc) is 2.91. The summed E-state index contributed by atoms with van der Waals surface area (Å²) in [6, 6.07) is 0. The van der Waals surface area contributed by atoms with Crippen LogP contribution in [0.1, 0.15) is 58.3 Å². The van der Waals surface area contributed by atoms with Crippen LogP contribution in [0.2, 0.25) is 0 Å². The Morgan fingerprint density at radius 3 is 2.57 bits per heavy atom. The van der Waals surface area contributed by atoms with E-state index in [2.05, 4.69) is 4.90 Å². The van der Waals surface area contributed by atoms with Crippen LogP contribution in [0, 0.1) is 11.3 Å². The van der Waals surface area contributed by atoms with Crippen molar-refractivity contribution in [2.24, 2.45) is 11.3 Å². The van der Waals surface area contributed by atoms with Crippen molar-refractivity contribution in [3.63, 3.8) is 0 Å². The summed E-state index contributed by atoms with van der Waals surface area (Å²) >= 11 is 0. The minimum atomic E-state index is -0.251. The molecule has 1 spiro atoms. The number of rotatable bonds is 2. The zero-order valence-corrected chi connectivity index (χ0v) is 13.3. The van der Waals surface area contributed by atoms with E-state index in [0.29, 0.717) is 18.4 Å². The van der Waals surface area contributed by atoms with E-state index >= 15 is 0 Å². The zero-order valence-electron chi connectivity index (χ0n) is 13.3. The lowest BCUT2D eigenvalue weighted by molar-refractivity contribution is -0.147. The Bertz CT molecular complexity index is 417. The first-order valence-corrected chi connectivity index (χ1v) is 8.66. The highest BCUT2D eigenvalue weighted by Crippen LogP contribution is 2.40. The van der Waals surface area contributed by atoms with E-state index in [1.165, 1.54) is 32.1 Å². The largest absolute Gasteiger partial charge is 0.342 e. The van der Waals surface area contributed by atoms with Gasteiger partial charge in [0.05, 0.1) is 5.41 Å². The fourth-order valence-electron chi connectivity index (χ4n) is 4.53. The van der Waals surface area contributed by atoms with Gasteiger partial charge < -0.3 is 9.80 Å². The van der Waals surface area contributed by atoms with Crippen molar-refractivity contribution in [3.8, 4) is 0 Å². The van der Waals surface area contributed by atoms with Crippen LogP contribution in [0.25, 0.3) is 0 Å². The minimum Gasteiger partial charge on any atom is -0.342 e. The summed E-state index contributed by atoms with van der Waals surface area (Å²) in [6.45, 7) is 4.92. The van der Waals surface area contributed by atoms with E-state index in [1.54, 1.807) is 6.92 Å². The van der Waals surface area contributed by atoms with Crippen molar-refractivity contribution in [1.82, 2.24) is 9.80 Å². The molecule has 4 heteroatoms. The quantitative estimate of drug-likeness (QED) is 0.784. The lowest BCUT2D eigenvalue weighted by Gasteiger charge is -2.41. The molecule has 0 bridgehead atoms. The van der Waals surface area contributed by atoms with Crippen LogP contribution < -0.4 is 0 Å². The lowest BCUT2D eigenvalue weighted by atomic mass is 9.77. The van der Waals surface area contributed by atoms with E-state index in [4.69, 9.17) is 0 Å². The van der Waals surface area contributed by atoms with Gasteiger partial charge >= 0.3 is 0 Å². The summed E-state index contributed by atoms with van der Waals surface area (Å²) in [5.74, 6) is 1.16. The molecule has 0 N–H and O–H groups in total. The molecule has 3 aliphatic rings. The highest BCUT2D eigenvalue weighted by atomic mass is 16.2. The Kier molecular flexibility index (Phi) is 4.23. The molecule has 2 aliphatic heterocycles. The van der Waals surface area contributed by atoms with Gasteiger partial charge in [-0.3, -0.25) is 9.59 Å². The molecule has 3 fully saturated rings. The third-order valence-electron chi connectivity index (χ3n) is 5.83. The highest BCUT2D eigenvalue weighted by molar-refractivity contribution is 5.85. The Balaban J connectivity index is 1.65. The standard InChI is InChI=1S/C17H28N2O2/c1-14(20)19-11-9-17(13-19)8-5-10-18(16(17)21)12-15-6-3-2-4-7-15/h15H,2-13H2,1H3/t17-/m1/s1. The Morgan fingerprint density at radius 1 is 1.14 bits per heavy atom. The van der Waals surface area contributed by atoms with E-state index in [0.717, 1.165) is 38.9 Å². The molecule has 1 aliphatic carbocycles. The topological polar surface area (TPSA) is 40.6 Å². The second kappa shape index (κ2) is 5.98. The number of nitrogens with zero attached hydrogens (tertiary/aromatic N) is 2. The van der Waals surface area contributed by atoms with Crippen LogP contribution in [-0.4, -0.2) is 47.8 Å². The summed E-state index contributed by atoms with van der Waals surface area (Å²) < 4.78 is 0. The van der Waals surface area contributed by atoms with Crippen LogP contribution in [0.15, 0.2) is 0 Å². The van der Waals surface area contributed by atoms with Gasteiger partial charge in [0.15, 0.2) is 0 Å². The van der Waals surface area contributed by atoms with Crippen LogP contribution in [0.5, 0.6) is 0 Å². The van der Waals surface area contributed by atoms with Crippen molar-refractivity contribution in [2.75, 3.05) is 26.2 Å². The molecule has 0 aromatic heterocycles. The van der Waals surface area contributed by atoms with Gasteiger partial charge in [0.2, 0.25) is 11.8 Å². The number of carbonyl (C=O) groups excluding carboxylic acids is 2. The molecule has 1 atom stereocenters. The predicted molar refractivity (Wildman–Crippen MR) is 81.7 cm³/mol. The van der Waals surface area contributed by atoms with Crippen molar-refractivity contribution in [2.45, 2.75) is 58.3 Å². The van der Waals surface area contributed by atoms with E-state index in [9.17, 15) is 9.59 Å². The fourth-order valence-corrected chi connectivity index (χ4v) is 4.53. The molecule has 21 heavy (non-hydrogen) atoms. The van der Waals surface area contributed by atoms with Gasteiger partial charge in [-0.15, -0.1) is 0 Å². The molecule has 0 aromatic carbocycles. The van der Waals surface area contributed by atoms with Crippen molar-refractivity contribution in [3.05, 3.63) is 0 Å². The van der Waals surface area contributed by atoms with Crippen molar-refractivity contribution >= 4 is 11.8 Å². The van der Waals surface area contributed by atoms with Crippen molar-refractivity contribution in [1.29, 1.82) is 0 Å². The van der Waals surface area contributed by atoms with Gasteiger partial charge in [-0.1, -0.05) is 19.3 Å². The summed E-state index contributed by atoms with van der Waals surface area (Å²) in [5, 5.41) is 0. The molecule has 0 unspecified atom stereocenters. The SMILES string of the molecule is CC(=O)N1CC[C@]2(CCCN(CC3CCCCC3)C2=O)C1. The van der Waals surface area contributed by atoms with Crippen LogP contribution in [-0.2, 0) is 9.59 Å². The first-order chi connectivity index (χ1) is 10.1. The molecule has 118 valence electrons. The first-order valence-electron chi connectivity index (χ1n) is 8.66. The van der Waals surface area contributed by atoms with E-state index in [-0.39, 0.29) is 11.3 Å². The second-order valence-electron chi connectivity index (χ2n) is 7.33. The van der Waals surface area contributed by atoms with Gasteiger partial charge in [0.1, 0.15) is 0 Å². The maximum absolute atomic E-state index is 13.0. The maximum Gasteiger partial charge on any atom is 0.230 e. The highest BCUT2D eigenvalue weighted by Gasteiger charge is 2.49. The van der Waals surface area contributed by atoms with Crippen LogP contribution in [0.4, 0.5) is 0 Å². The molecule has 3 rings (SSSR count). The molecule has 1 saturated carbocycles. The average molecular weight is 292 g/mol. The normalized spacial score (nSPS) is 31.2. The second-order valence-corrected chi connectivity index (χ2v) is 7.33. The van der Waals surface area contributed by atoms with Crippen LogP contribution >= 0.6 is 0 Å². The van der Waals surface area contributed by atoms with Crippen LogP contribution in [0.3, 0.4) is 0 Å². The molecule has 2 heterocycles. The molecule has 2 saturated heterocycles. The number of hydrogen-bond acceptors (Lipinski definition) is 2. The van der Waals surface area contributed by atoms with Gasteiger partial charge in [-0.25, -0.2) is 0 Å². The molecule has 2 amide bonds. The maximum atomic E-state index is 13.0. The summed E-state index contributed by atoms with van der Waals surface area (Å²) in [7, 11) is 0. The molecular formula is C17H28N2O2. The van der Waals surface area contributed by atoms with Crippen molar-refractivity contribution < 1.29 is 9.59 Å². The Labute approximate surface area is 127 Å². The summed E-state index contributed by atoms with van der Waals surface area (Å²) in [6.07, 6.45) is 9.54. The molecule has 0 aromatic rings. The van der Waals surface area contributed by atoms with E-state index < -0.39 is 0 Å². The minimum absolute atomic E-state index is 0.115. The predicted octanol–water partition coefficient (Wildman–Crippen LogP) is 2.43. The number of hydrogen-bond donors (Lipinski definition) is 0. The Morgan fingerprint density at radius 2 is 1.90 bits per heavy atom. The lowest BCUT2D eigenvalue weighted by Crippen LogP contribution is -2.51. The number of carbonyl (C=O) groups is 2. The third kappa shape index (κ3) is 2.95. The Hall–Kier alpha value is -1.06. The zero-order chi connectivity index (χ0) is 14.9. The van der Waals surface area contributed by atoms with Gasteiger partial charge in [0, 0.05) is 33.1 Å². The molecular weight excluding hydrogens is 264 g/mol. The monoisotopic (exact) mass is 292 g/mol. The summed E-state index contributed by atoms with van der Waals surface area (Å²) in [4.78, 5) is 28.5. The smallest absolute Gasteiger partial charge is 0.230 e. The van der Waals surface area contributed by atoms with Gasteiger partial charge in [-0.05, 0) is 38.0 Å². The fraction of sp³-hybridized carbons (Fsp3) is 0.882. The first kappa shape index (κ1) is 14.9. The third-order valence-corrected chi connectivity index (χ3v) is 5.83. The molecule has 0 radical (unpaired) electrons. The number of likely N-dealkylation sites (tertiary alicyclic amines) is 2. The van der Waals surface area contributed by atoms with E-state index in [1.807, 2.05) is 4.90 Å². The molecule has 4 nitrogen and oxygen atoms in total. The summed E-state index contributed by atoms with van der Waals surface area (Å²) in [5.41, 5.74) is -0.251. The number of amides is 2.